The van der Waals surface area contributed by atoms with Crippen LogP contribution in [0.1, 0.15) is 23.8 Å². The molecule has 0 fully saturated rings. The van der Waals surface area contributed by atoms with Crippen molar-refractivity contribution >= 4 is 22.6 Å². The van der Waals surface area contributed by atoms with Crippen LogP contribution < -0.4 is 5.73 Å². The summed E-state index contributed by atoms with van der Waals surface area (Å²) in [5, 5.41) is 1.77. The SMILES string of the molecule is NC(CCc1cc2cc(Cl)ccc2o1)c1ccccc1. The first-order valence-electron chi connectivity index (χ1n) is 6.71. The molecule has 20 heavy (non-hydrogen) atoms. The zero-order valence-electron chi connectivity index (χ0n) is 11.1. The molecule has 102 valence electrons. The molecule has 1 atom stereocenters. The smallest absolute Gasteiger partial charge is 0.134 e. The highest BCUT2D eigenvalue weighted by Crippen LogP contribution is 2.25. The van der Waals surface area contributed by atoms with Crippen molar-refractivity contribution in [2.24, 2.45) is 5.73 Å². The van der Waals surface area contributed by atoms with Gasteiger partial charge in [-0.1, -0.05) is 41.9 Å². The summed E-state index contributed by atoms with van der Waals surface area (Å²) in [4.78, 5) is 0. The third kappa shape index (κ3) is 2.87. The number of halogens is 1. The van der Waals surface area contributed by atoms with E-state index in [1.165, 1.54) is 0 Å². The molecule has 0 aliphatic heterocycles. The lowest BCUT2D eigenvalue weighted by Crippen LogP contribution is -2.10. The molecule has 0 spiro atoms. The third-order valence-corrected chi connectivity index (χ3v) is 3.69. The van der Waals surface area contributed by atoms with E-state index in [-0.39, 0.29) is 6.04 Å². The molecule has 0 aliphatic carbocycles. The van der Waals surface area contributed by atoms with Gasteiger partial charge >= 0.3 is 0 Å². The predicted octanol–water partition coefficient (Wildman–Crippen LogP) is 4.72. The molecule has 3 aromatic rings. The van der Waals surface area contributed by atoms with Crippen LogP contribution in [0.15, 0.2) is 59.0 Å². The van der Waals surface area contributed by atoms with Crippen LogP contribution in [-0.2, 0) is 6.42 Å². The molecule has 1 aromatic heterocycles. The number of aryl methyl sites for hydroxylation is 1. The summed E-state index contributed by atoms with van der Waals surface area (Å²) in [6.45, 7) is 0. The fraction of sp³-hybridized carbons (Fsp3) is 0.176. The number of rotatable bonds is 4. The zero-order valence-corrected chi connectivity index (χ0v) is 11.8. The van der Waals surface area contributed by atoms with Crippen LogP contribution in [0.25, 0.3) is 11.0 Å². The third-order valence-electron chi connectivity index (χ3n) is 3.46. The van der Waals surface area contributed by atoms with E-state index in [9.17, 15) is 0 Å². The van der Waals surface area contributed by atoms with Gasteiger partial charge in [0.15, 0.2) is 0 Å². The van der Waals surface area contributed by atoms with Crippen molar-refractivity contribution in [3.05, 3.63) is 70.9 Å². The van der Waals surface area contributed by atoms with Crippen LogP contribution in [-0.4, -0.2) is 0 Å². The monoisotopic (exact) mass is 285 g/mol. The molecule has 0 saturated heterocycles. The summed E-state index contributed by atoms with van der Waals surface area (Å²) in [6, 6.07) is 17.9. The van der Waals surface area contributed by atoms with Crippen molar-refractivity contribution in [2.45, 2.75) is 18.9 Å². The van der Waals surface area contributed by atoms with Crippen molar-refractivity contribution in [3.63, 3.8) is 0 Å². The summed E-state index contributed by atoms with van der Waals surface area (Å²) in [6.07, 6.45) is 1.68. The van der Waals surface area contributed by atoms with E-state index < -0.39 is 0 Å². The van der Waals surface area contributed by atoms with Crippen LogP contribution in [0.4, 0.5) is 0 Å². The summed E-state index contributed by atoms with van der Waals surface area (Å²) >= 11 is 5.97. The average molecular weight is 286 g/mol. The molecule has 3 rings (SSSR count). The molecule has 1 heterocycles. The van der Waals surface area contributed by atoms with E-state index >= 15 is 0 Å². The maximum atomic E-state index is 6.20. The van der Waals surface area contributed by atoms with Gasteiger partial charge in [0.05, 0.1) is 0 Å². The molecule has 2 nitrogen and oxygen atoms in total. The van der Waals surface area contributed by atoms with Crippen molar-refractivity contribution in [2.75, 3.05) is 0 Å². The van der Waals surface area contributed by atoms with Gasteiger partial charge in [0.25, 0.3) is 0 Å². The highest BCUT2D eigenvalue weighted by Gasteiger charge is 2.09. The second kappa shape index (κ2) is 5.70. The number of fused-ring (bicyclic) bond motifs is 1. The van der Waals surface area contributed by atoms with Gasteiger partial charge < -0.3 is 10.2 Å². The van der Waals surface area contributed by atoms with E-state index in [1.54, 1.807) is 0 Å². The number of benzene rings is 2. The van der Waals surface area contributed by atoms with Crippen molar-refractivity contribution in [1.29, 1.82) is 0 Å². The van der Waals surface area contributed by atoms with Crippen molar-refractivity contribution in [1.82, 2.24) is 0 Å². The molecule has 2 aromatic carbocycles. The molecule has 0 amide bonds. The van der Waals surface area contributed by atoms with Crippen LogP contribution in [0.2, 0.25) is 5.02 Å². The molecular formula is C17H16ClNO. The molecule has 0 bridgehead atoms. The number of hydrogen-bond acceptors (Lipinski definition) is 2. The van der Waals surface area contributed by atoms with Gasteiger partial charge in [-0.2, -0.15) is 0 Å². The Balaban J connectivity index is 1.71. The van der Waals surface area contributed by atoms with E-state index in [0.717, 1.165) is 40.2 Å². The summed E-state index contributed by atoms with van der Waals surface area (Å²) in [7, 11) is 0. The van der Waals surface area contributed by atoms with E-state index in [0.29, 0.717) is 0 Å². The van der Waals surface area contributed by atoms with Crippen molar-refractivity contribution in [3.8, 4) is 0 Å². The number of nitrogens with two attached hydrogens (primary N) is 1. The Morgan fingerprint density at radius 2 is 1.85 bits per heavy atom. The zero-order chi connectivity index (χ0) is 13.9. The normalized spacial score (nSPS) is 12.7. The van der Waals surface area contributed by atoms with E-state index in [4.69, 9.17) is 21.8 Å². The molecule has 2 N–H and O–H groups in total. The minimum atomic E-state index is 0.0352. The van der Waals surface area contributed by atoms with Crippen molar-refractivity contribution < 1.29 is 4.42 Å². The summed E-state index contributed by atoms with van der Waals surface area (Å²) in [5.74, 6) is 0.952. The largest absolute Gasteiger partial charge is 0.461 e. The van der Waals surface area contributed by atoms with Crippen LogP contribution >= 0.6 is 11.6 Å². The van der Waals surface area contributed by atoms with Gasteiger partial charge in [-0.3, -0.25) is 0 Å². The quantitative estimate of drug-likeness (QED) is 0.753. The first-order chi connectivity index (χ1) is 9.72. The fourth-order valence-electron chi connectivity index (χ4n) is 2.36. The molecule has 3 heteroatoms. The Labute approximate surface area is 123 Å². The van der Waals surface area contributed by atoms with Crippen LogP contribution in [0.5, 0.6) is 0 Å². The highest BCUT2D eigenvalue weighted by atomic mass is 35.5. The number of furan rings is 1. The molecule has 0 aliphatic rings. The fourth-order valence-corrected chi connectivity index (χ4v) is 2.54. The first-order valence-corrected chi connectivity index (χ1v) is 7.09. The van der Waals surface area contributed by atoms with Gasteiger partial charge in [-0.25, -0.2) is 0 Å². The number of hydrogen-bond donors (Lipinski definition) is 1. The van der Waals surface area contributed by atoms with Gasteiger partial charge in [-0.15, -0.1) is 0 Å². The first kappa shape index (κ1) is 13.2. The maximum absolute atomic E-state index is 6.20. The van der Waals surface area contributed by atoms with E-state index in [1.807, 2.05) is 42.5 Å². The van der Waals surface area contributed by atoms with E-state index in [2.05, 4.69) is 12.1 Å². The van der Waals surface area contributed by atoms with Gasteiger partial charge in [0, 0.05) is 22.9 Å². The van der Waals surface area contributed by atoms with Gasteiger partial charge in [0.1, 0.15) is 11.3 Å². The van der Waals surface area contributed by atoms with Crippen LogP contribution in [0, 0.1) is 0 Å². The van der Waals surface area contributed by atoms with Gasteiger partial charge in [-0.05, 0) is 36.2 Å². The van der Waals surface area contributed by atoms with Crippen LogP contribution in [0.3, 0.4) is 0 Å². The standard InChI is InChI=1S/C17H16ClNO/c18-14-6-9-17-13(10-14)11-15(20-17)7-8-16(19)12-4-2-1-3-5-12/h1-6,9-11,16H,7-8,19H2. The maximum Gasteiger partial charge on any atom is 0.134 e. The Hall–Kier alpha value is -1.77. The summed E-state index contributed by atoms with van der Waals surface area (Å²) in [5.41, 5.74) is 8.23. The Kier molecular flexibility index (Phi) is 3.77. The second-order valence-corrected chi connectivity index (χ2v) is 5.39. The average Bonchev–Trinajstić information content (AvgIpc) is 2.87. The predicted molar refractivity (Wildman–Crippen MR) is 82.9 cm³/mol. The molecule has 0 radical (unpaired) electrons. The minimum Gasteiger partial charge on any atom is -0.461 e. The summed E-state index contributed by atoms with van der Waals surface area (Å²) < 4.78 is 5.80. The topological polar surface area (TPSA) is 39.2 Å². The Morgan fingerprint density at radius 1 is 1.05 bits per heavy atom. The molecular weight excluding hydrogens is 270 g/mol. The minimum absolute atomic E-state index is 0.0352. The lowest BCUT2D eigenvalue weighted by atomic mass is 10.0. The Morgan fingerprint density at radius 3 is 2.65 bits per heavy atom. The lowest BCUT2D eigenvalue weighted by molar-refractivity contribution is 0.519. The highest BCUT2D eigenvalue weighted by molar-refractivity contribution is 6.31. The van der Waals surface area contributed by atoms with Gasteiger partial charge in [0.2, 0.25) is 0 Å². The molecule has 0 saturated carbocycles. The molecule has 1 unspecified atom stereocenters. The Bertz CT molecular complexity index is 705. The second-order valence-electron chi connectivity index (χ2n) is 4.95. The lowest BCUT2D eigenvalue weighted by Gasteiger charge is -2.10.